The van der Waals surface area contributed by atoms with Crippen LogP contribution in [0.2, 0.25) is 0 Å². The molecule has 2 heterocycles. The predicted molar refractivity (Wildman–Crippen MR) is 79.6 cm³/mol. The topological polar surface area (TPSA) is 94.3 Å². The summed E-state index contributed by atoms with van der Waals surface area (Å²) in [7, 11) is 1.54. The normalized spacial score (nSPS) is 10.6. The van der Waals surface area contributed by atoms with E-state index in [0.29, 0.717) is 30.1 Å². The molecule has 0 spiro atoms. The van der Waals surface area contributed by atoms with Crippen molar-refractivity contribution < 1.29 is 14.6 Å². The van der Waals surface area contributed by atoms with Gasteiger partial charge in [-0.3, -0.25) is 14.6 Å². The highest BCUT2D eigenvalue weighted by molar-refractivity contribution is 5.67. The number of methoxy groups -OCH3 is 1. The summed E-state index contributed by atoms with van der Waals surface area (Å²) in [6.45, 7) is 0.646. The smallest absolute Gasteiger partial charge is 0.303 e. The van der Waals surface area contributed by atoms with Crippen LogP contribution in [0.15, 0.2) is 35.3 Å². The van der Waals surface area contributed by atoms with Crippen LogP contribution in [0.5, 0.6) is 0 Å². The minimum atomic E-state index is -0.945. The molecule has 2 rings (SSSR count). The summed E-state index contributed by atoms with van der Waals surface area (Å²) in [6, 6.07) is 7.01. The molecule has 0 saturated heterocycles. The number of aromatic nitrogens is 3. The number of ether oxygens (including phenoxy) is 1. The third-order valence-electron chi connectivity index (χ3n) is 3.09. The largest absolute Gasteiger partial charge is 0.481 e. The fraction of sp³-hybridized carbons (Fsp3) is 0.333. The number of hydrogen-bond donors (Lipinski definition) is 1. The van der Waals surface area contributed by atoms with Gasteiger partial charge in [-0.05, 0) is 24.6 Å². The van der Waals surface area contributed by atoms with Gasteiger partial charge in [0.05, 0.1) is 18.8 Å². The first-order valence-corrected chi connectivity index (χ1v) is 6.85. The van der Waals surface area contributed by atoms with Crippen molar-refractivity contribution in [3.8, 4) is 11.4 Å². The van der Waals surface area contributed by atoms with Gasteiger partial charge in [0.25, 0.3) is 5.56 Å². The number of carboxylic acid groups (broad SMARTS) is 1. The van der Waals surface area contributed by atoms with Crippen molar-refractivity contribution in [2.24, 2.45) is 0 Å². The van der Waals surface area contributed by atoms with E-state index >= 15 is 0 Å². The Morgan fingerprint density at radius 2 is 2.18 bits per heavy atom. The van der Waals surface area contributed by atoms with Crippen molar-refractivity contribution in [3.63, 3.8) is 0 Å². The molecule has 0 aromatic carbocycles. The summed E-state index contributed by atoms with van der Waals surface area (Å²) < 4.78 is 6.27. The molecule has 1 N–H and O–H groups in total. The van der Waals surface area contributed by atoms with Crippen LogP contribution in [0.4, 0.5) is 0 Å². The first kappa shape index (κ1) is 15.8. The van der Waals surface area contributed by atoms with Crippen molar-refractivity contribution in [2.45, 2.75) is 19.4 Å². The maximum absolute atomic E-state index is 12.3. The lowest BCUT2D eigenvalue weighted by atomic mass is 10.1. The number of aliphatic carboxylic acids is 1. The molecule has 0 fully saturated rings. The van der Waals surface area contributed by atoms with E-state index in [1.807, 2.05) is 6.07 Å². The Balaban J connectivity index is 2.43. The summed E-state index contributed by atoms with van der Waals surface area (Å²) in [5.41, 5.74) is 1.29. The number of carbonyl (C=O) groups is 1. The minimum Gasteiger partial charge on any atom is -0.481 e. The lowest BCUT2D eigenvalue weighted by Crippen LogP contribution is -2.28. The standard InChI is InChI=1S/C15H17N3O4/c1-22-9-8-18-15(21)11(5-6-14(19)20)10-13(17-18)12-4-2-3-7-16-12/h2-4,7,10H,5-6,8-9H2,1H3,(H,19,20). The van der Waals surface area contributed by atoms with Crippen molar-refractivity contribution in [3.05, 3.63) is 46.4 Å². The van der Waals surface area contributed by atoms with Gasteiger partial charge in [-0.1, -0.05) is 6.07 Å². The van der Waals surface area contributed by atoms with E-state index in [1.165, 1.54) is 4.68 Å². The molecule has 7 nitrogen and oxygen atoms in total. The van der Waals surface area contributed by atoms with E-state index < -0.39 is 5.97 Å². The molecule has 2 aromatic rings. The quantitative estimate of drug-likeness (QED) is 0.819. The van der Waals surface area contributed by atoms with Crippen molar-refractivity contribution in [1.82, 2.24) is 14.8 Å². The van der Waals surface area contributed by atoms with E-state index in [0.717, 1.165) is 0 Å². The molecule has 0 saturated carbocycles. The van der Waals surface area contributed by atoms with Gasteiger partial charge < -0.3 is 9.84 Å². The lowest BCUT2D eigenvalue weighted by molar-refractivity contribution is -0.136. The van der Waals surface area contributed by atoms with Gasteiger partial charge in [0.2, 0.25) is 0 Å². The molecule has 2 aromatic heterocycles. The van der Waals surface area contributed by atoms with Crippen LogP contribution >= 0.6 is 0 Å². The number of aryl methyl sites for hydroxylation is 1. The van der Waals surface area contributed by atoms with Gasteiger partial charge in [-0.25, -0.2) is 4.68 Å². The average Bonchev–Trinajstić information content (AvgIpc) is 2.53. The third kappa shape index (κ3) is 3.98. The molecular formula is C15H17N3O4. The van der Waals surface area contributed by atoms with Crippen molar-refractivity contribution in [1.29, 1.82) is 0 Å². The molecule has 0 amide bonds. The number of nitrogens with zero attached hydrogens (tertiary/aromatic N) is 3. The van der Waals surface area contributed by atoms with E-state index in [-0.39, 0.29) is 18.4 Å². The Bertz CT molecular complexity index is 698. The van der Waals surface area contributed by atoms with Gasteiger partial charge in [0.1, 0.15) is 5.69 Å². The Morgan fingerprint density at radius 3 is 2.82 bits per heavy atom. The fourth-order valence-corrected chi connectivity index (χ4v) is 1.99. The highest BCUT2D eigenvalue weighted by atomic mass is 16.5. The van der Waals surface area contributed by atoms with Crippen LogP contribution in [0.1, 0.15) is 12.0 Å². The molecule has 0 aliphatic carbocycles. The SMILES string of the molecule is COCCn1nc(-c2ccccn2)cc(CCC(=O)O)c1=O. The molecule has 0 aliphatic heterocycles. The van der Waals surface area contributed by atoms with Crippen LogP contribution < -0.4 is 5.56 Å². The minimum absolute atomic E-state index is 0.106. The van der Waals surface area contributed by atoms with Crippen LogP contribution in [-0.4, -0.2) is 39.6 Å². The summed E-state index contributed by atoms with van der Waals surface area (Å²) >= 11 is 0. The molecule has 22 heavy (non-hydrogen) atoms. The van der Waals surface area contributed by atoms with Gasteiger partial charge in [-0.15, -0.1) is 0 Å². The van der Waals surface area contributed by atoms with Gasteiger partial charge in [-0.2, -0.15) is 5.10 Å². The molecular weight excluding hydrogens is 286 g/mol. The number of pyridine rings is 1. The number of hydrogen-bond acceptors (Lipinski definition) is 5. The lowest BCUT2D eigenvalue weighted by Gasteiger charge is -2.09. The zero-order valence-corrected chi connectivity index (χ0v) is 12.2. The van der Waals surface area contributed by atoms with E-state index in [2.05, 4.69) is 10.1 Å². The highest BCUT2D eigenvalue weighted by Crippen LogP contribution is 2.13. The first-order valence-electron chi connectivity index (χ1n) is 6.85. The number of carboxylic acids is 1. The first-order chi connectivity index (χ1) is 10.6. The monoisotopic (exact) mass is 303 g/mol. The Hall–Kier alpha value is -2.54. The predicted octanol–water partition coefficient (Wildman–Crippen LogP) is 0.969. The molecule has 0 bridgehead atoms. The fourth-order valence-electron chi connectivity index (χ4n) is 1.99. The second-order valence-electron chi connectivity index (χ2n) is 4.68. The Morgan fingerprint density at radius 1 is 1.36 bits per heavy atom. The summed E-state index contributed by atoms with van der Waals surface area (Å²) in [5, 5.41) is 13.1. The average molecular weight is 303 g/mol. The van der Waals surface area contributed by atoms with Crippen molar-refractivity contribution >= 4 is 5.97 Å². The van der Waals surface area contributed by atoms with Crippen LogP contribution in [0.25, 0.3) is 11.4 Å². The van der Waals surface area contributed by atoms with E-state index in [9.17, 15) is 9.59 Å². The second-order valence-corrected chi connectivity index (χ2v) is 4.68. The van der Waals surface area contributed by atoms with Gasteiger partial charge in [0.15, 0.2) is 0 Å². The van der Waals surface area contributed by atoms with Gasteiger partial charge in [0, 0.05) is 25.3 Å². The van der Waals surface area contributed by atoms with Crippen LogP contribution in [-0.2, 0) is 22.5 Å². The van der Waals surface area contributed by atoms with Crippen LogP contribution in [0.3, 0.4) is 0 Å². The molecule has 116 valence electrons. The Labute approximate surface area is 127 Å². The molecule has 0 radical (unpaired) electrons. The molecule has 0 aliphatic rings. The Kier molecular flexibility index (Phi) is 5.37. The number of rotatable bonds is 7. The molecule has 0 unspecified atom stereocenters. The van der Waals surface area contributed by atoms with E-state index in [1.54, 1.807) is 31.5 Å². The van der Waals surface area contributed by atoms with Crippen molar-refractivity contribution in [2.75, 3.05) is 13.7 Å². The van der Waals surface area contributed by atoms with Gasteiger partial charge >= 0.3 is 5.97 Å². The maximum Gasteiger partial charge on any atom is 0.303 e. The third-order valence-corrected chi connectivity index (χ3v) is 3.09. The zero-order chi connectivity index (χ0) is 15.9. The zero-order valence-electron chi connectivity index (χ0n) is 12.2. The van der Waals surface area contributed by atoms with Crippen LogP contribution in [0, 0.1) is 0 Å². The molecule has 7 heteroatoms. The second kappa shape index (κ2) is 7.46. The summed E-state index contributed by atoms with van der Waals surface area (Å²) in [5.74, 6) is -0.945. The summed E-state index contributed by atoms with van der Waals surface area (Å²) in [4.78, 5) is 27.3. The van der Waals surface area contributed by atoms with E-state index in [4.69, 9.17) is 9.84 Å². The highest BCUT2D eigenvalue weighted by Gasteiger charge is 2.12. The molecule has 0 atom stereocenters. The maximum atomic E-state index is 12.3. The summed E-state index contributed by atoms with van der Waals surface area (Å²) in [6.07, 6.45) is 1.69.